The van der Waals surface area contributed by atoms with Gasteiger partial charge in [-0.15, -0.1) is 0 Å². The van der Waals surface area contributed by atoms with Crippen LogP contribution in [0.15, 0.2) is 90.3 Å². The largest absolute Gasteiger partial charge is 0.392 e. The molecule has 0 unspecified atom stereocenters. The second-order valence-corrected chi connectivity index (χ2v) is 13.0. The molecule has 254 valence electrons. The molecular weight excluding hydrogens is 628 g/mol. The normalized spacial score (nSPS) is 17.6. The van der Waals surface area contributed by atoms with E-state index < -0.39 is 6.29 Å². The first kappa shape index (κ1) is 35.3. The van der Waals surface area contributed by atoms with Gasteiger partial charge < -0.3 is 24.5 Å². The van der Waals surface area contributed by atoms with Crippen LogP contribution in [0.3, 0.4) is 0 Å². The number of carbonyl (C=O) groups is 2. The highest BCUT2D eigenvalue weighted by atomic mass is 32.2. The molecule has 11 heteroatoms. The Labute approximate surface area is 285 Å². The van der Waals surface area contributed by atoms with Gasteiger partial charge in [0.1, 0.15) is 0 Å². The molecule has 0 radical (unpaired) electrons. The summed E-state index contributed by atoms with van der Waals surface area (Å²) in [6.07, 6.45) is 7.57. The molecule has 0 spiro atoms. The van der Waals surface area contributed by atoms with Gasteiger partial charge in [-0.3, -0.25) is 14.8 Å². The molecule has 0 aliphatic carbocycles. The molecule has 5 rings (SSSR count). The first-order chi connectivity index (χ1) is 23.4. The van der Waals surface area contributed by atoms with Gasteiger partial charge in [-0.05, 0) is 46.7 Å². The molecule has 1 aliphatic heterocycles. The Morgan fingerprint density at radius 1 is 0.896 bits per heavy atom. The molecule has 2 heterocycles. The van der Waals surface area contributed by atoms with Crippen molar-refractivity contribution in [1.82, 2.24) is 20.3 Å². The molecule has 1 saturated heterocycles. The molecule has 3 atom stereocenters. The molecule has 0 bridgehead atoms. The summed E-state index contributed by atoms with van der Waals surface area (Å²) in [6, 6.07) is 24.3. The van der Waals surface area contributed by atoms with Crippen molar-refractivity contribution in [2.75, 3.05) is 5.75 Å². The predicted molar refractivity (Wildman–Crippen MR) is 184 cm³/mol. The predicted octanol–water partition coefficient (Wildman–Crippen LogP) is 6.38. The molecule has 2 amide bonds. The van der Waals surface area contributed by atoms with Gasteiger partial charge in [0.2, 0.25) is 11.8 Å². The van der Waals surface area contributed by atoms with Gasteiger partial charge in [-0.2, -0.15) is 0 Å². The summed E-state index contributed by atoms with van der Waals surface area (Å²) in [4.78, 5) is 27.9. The van der Waals surface area contributed by atoms with E-state index in [0.29, 0.717) is 32.2 Å². The van der Waals surface area contributed by atoms with E-state index in [4.69, 9.17) is 14.7 Å². The lowest BCUT2D eigenvalue weighted by molar-refractivity contribution is -0.245. The minimum absolute atomic E-state index is 0.00216. The van der Waals surface area contributed by atoms with E-state index in [-0.39, 0.29) is 30.6 Å². The number of aromatic nitrogens is 2. The van der Waals surface area contributed by atoms with E-state index in [1.807, 2.05) is 66.3 Å². The number of ether oxygens (including phenoxy) is 2. The molecule has 3 aromatic carbocycles. The first-order valence-corrected chi connectivity index (χ1v) is 17.4. The lowest BCUT2D eigenvalue weighted by atomic mass is 9.99. The van der Waals surface area contributed by atoms with Gasteiger partial charge >= 0.3 is 0 Å². The maximum atomic E-state index is 12.4. The van der Waals surface area contributed by atoms with E-state index in [1.54, 1.807) is 23.4 Å². The zero-order valence-corrected chi connectivity index (χ0v) is 28.0. The zero-order valence-electron chi connectivity index (χ0n) is 27.2. The number of hydroxylamine groups is 1. The van der Waals surface area contributed by atoms with Crippen LogP contribution in [0.5, 0.6) is 0 Å². The molecule has 1 aromatic heterocycles. The molecule has 48 heavy (non-hydrogen) atoms. The average molecular weight is 673 g/mol. The minimum atomic E-state index is -0.538. The first-order valence-electron chi connectivity index (χ1n) is 16.4. The highest BCUT2D eigenvalue weighted by Gasteiger charge is 2.32. The van der Waals surface area contributed by atoms with Gasteiger partial charge in [0.05, 0.1) is 18.8 Å². The number of carbonyl (C=O) groups excluding carboxylic acids is 2. The van der Waals surface area contributed by atoms with E-state index in [2.05, 4.69) is 34.6 Å². The second-order valence-electron chi connectivity index (χ2n) is 12.0. The Kier molecular flexibility index (Phi) is 13.2. The fourth-order valence-corrected chi connectivity index (χ4v) is 6.59. The number of rotatable bonds is 16. The lowest BCUT2D eigenvalue weighted by Crippen LogP contribution is -2.31. The number of benzene rings is 3. The molecule has 4 N–H and O–H groups in total. The summed E-state index contributed by atoms with van der Waals surface area (Å²) in [7, 11) is 1.99. The highest BCUT2D eigenvalue weighted by molar-refractivity contribution is 7.99. The number of unbranched alkanes of at least 4 members (excludes halogenated alkanes) is 3. The van der Waals surface area contributed by atoms with Crippen LogP contribution >= 0.6 is 11.8 Å². The Morgan fingerprint density at radius 2 is 1.62 bits per heavy atom. The average Bonchev–Trinajstić information content (AvgIpc) is 3.55. The summed E-state index contributed by atoms with van der Waals surface area (Å²) in [6.45, 7) is 0.450. The number of thioether (sulfide) groups is 1. The topological polar surface area (TPSA) is 135 Å². The van der Waals surface area contributed by atoms with Crippen molar-refractivity contribution in [3.63, 3.8) is 0 Å². The van der Waals surface area contributed by atoms with Crippen LogP contribution in [0.1, 0.15) is 79.6 Å². The number of nitrogens with one attached hydrogen (secondary N) is 2. The lowest BCUT2D eigenvalue weighted by Gasteiger charge is -2.36. The van der Waals surface area contributed by atoms with Crippen LogP contribution in [0, 0.1) is 0 Å². The number of aliphatic hydroxyl groups is 1. The van der Waals surface area contributed by atoms with Crippen LogP contribution in [-0.4, -0.2) is 43.5 Å². The molecular formula is C37H44N4O6S. The number of aryl methyl sites for hydroxylation is 1. The number of hydrogen-bond acceptors (Lipinski definition) is 8. The van der Waals surface area contributed by atoms with Crippen molar-refractivity contribution in [3.8, 4) is 11.1 Å². The van der Waals surface area contributed by atoms with Gasteiger partial charge in [0, 0.05) is 56.6 Å². The van der Waals surface area contributed by atoms with Crippen molar-refractivity contribution in [2.24, 2.45) is 7.05 Å². The van der Waals surface area contributed by atoms with Crippen molar-refractivity contribution in [2.45, 2.75) is 81.8 Å². The Balaban J connectivity index is 1.18. The molecule has 10 nitrogen and oxygen atoms in total. The van der Waals surface area contributed by atoms with Crippen LogP contribution in [-0.2, 0) is 39.3 Å². The standard InChI is InChI=1S/C37H44N4O6S/c1-41-20-19-38-37(41)48-25-32-22-33(29-13-11-26(24-42)12-14-29)47-36(46-32)30-17-15-28(16-18-30)31-8-6-7-27(21-31)23-39-34(43)9-4-2-3-5-10-35(44)40-45/h6-8,11-21,32-33,36,42,45H,2-5,9-10,22-25H2,1H3,(H,39,43)(H,40,44)/t32-,33+,36+/m1/s1. The van der Waals surface area contributed by atoms with Gasteiger partial charge in [-0.25, -0.2) is 10.5 Å². The smallest absolute Gasteiger partial charge is 0.243 e. The summed E-state index contributed by atoms with van der Waals surface area (Å²) in [5.41, 5.74) is 7.60. The summed E-state index contributed by atoms with van der Waals surface area (Å²) >= 11 is 1.67. The van der Waals surface area contributed by atoms with Crippen LogP contribution in [0.25, 0.3) is 11.1 Å². The molecule has 1 fully saturated rings. The maximum Gasteiger partial charge on any atom is 0.243 e. The van der Waals surface area contributed by atoms with Crippen LogP contribution < -0.4 is 10.8 Å². The minimum Gasteiger partial charge on any atom is -0.392 e. The third-order valence-electron chi connectivity index (χ3n) is 8.41. The third kappa shape index (κ3) is 10.2. The Hall–Kier alpha value is -4.00. The fourth-order valence-electron chi connectivity index (χ4n) is 5.64. The fraction of sp³-hybridized carbons (Fsp3) is 0.378. The summed E-state index contributed by atoms with van der Waals surface area (Å²) in [5.74, 6) is 0.363. The summed E-state index contributed by atoms with van der Waals surface area (Å²) in [5, 5.41) is 22.0. The van der Waals surface area contributed by atoms with Gasteiger partial charge in [0.15, 0.2) is 11.4 Å². The quantitative estimate of drug-likeness (QED) is 0.0466. The third-order valence-corrected chi connectivity index (χ3v) is 9.60. The Morgan fingerprint density at radius 3 is 2.31 bits per heavy atom. The second kappa shape index (κ2) is 18.0. The van der Waals surface area contributed by atoms with E-state index in [9.17, 15) is 14.7 Å². The number of amides is 2. The maximum absolute atomic E-state index is 12.4. The van der Waals surface area contributed by atoms with Crippen LogP contribution in [0.4, 0.5) is 0 Å². The number of hydrogen-bond donors (Lipinski definition) is 4. The zero-order chi connectivity index (χ0) is 33.7. The molecule has 4 aromatic rings. The van der Waals surface area contributed by atoms with E-state index in [0.717, 1.165) is 63.6 Å². The highest BCUT2D eigenvalue weighted by Crippen LogP contribution is 2.39. The van der Waals surface area contributed by atoms with Crippen molar-refractivity contribution < 1.29 is 29.4 Å². The van der Waals surface area contributed by atoms with Crippen molar-refractivity contribution >= 4 is 23.6 Å². The van der Waals surface area contributed by atoms with Crippen molar-refractivity contribution in [3.05, 3.63) is 107 Å². The molecule has 0 saturated carbocycles. The monoisotopic (exact) mass is 672 g/mol. The van der Waals surface area contributed by atoms with Gasteiger partial charge in [0.25, 0.3) is 0 Å². The van der Waals surface area contributed by atoms with Crippen molar-refractivity contribution in [1.29, 1.82) is 0 Å². The van der Waals surface area contributed by atoms with E-state index in [1.165, 1.54) is 0 Å². The van der Waals surface area contributed by atoms with Gasteiger partial charge in [-0.1, -0.05) is 91.3 Å². The SMILES string of the molecule is Cn1ccnc1SC[C@H]1C[C@@H](c2ccc(CO)cc2)O[C@@H](c2ccc(-c3cccc(CNC(=O)CCCCCCC(=O)NO)c3)cc2)O1. The van der Waals surface area contributed by atoms with Crippen LogP contribution in [0.2, 0.25) is 0 Å². The number of aliphatic hydroxyl groups excluding tert-OH is 1. The summed E-state index contributed by atoms with van der Waals surface area (Å²) < 4.78 is 15.0. The number of imidazole rings is 1. The van der Waals surface area contributed by atoms with E-state index >= 15 is 0 Å². The Bertz CT molecular complexity index is 1610. The molecule has 1 aliphatic rings. The number of nitrogens with zero attached hydrogens (tertiary/aromatic N) is 2.